The highest BCUT2D eigenvalue weighted by Crippen LogP contribution is 2.28. The van der Waals surface area contributed by atoms with Crippen LogP contribution in [0.1, 0.15) is 34.3 Å². The lowest BCUT2D eigenvalue weighted by Crippen LogP contribution is -2.39. The van der Waals surface area contributed by atoms with Gasteiger partial charge in [0.05, 0.1) is 39.6 Å². The van der Waals surface area contributed by atoms with Crippen molar-refractivity contribution < 1.29 is 23.7 Å². The van der Waals surface area contributed by atoms with Gasteiger partial charge in [0, 0.05) is 26.3 Å². The van der Waals surface area contributed by atoms with Crippen LogP contribution in [0.3, 0.4) is 0 Å². The van der Waals surface area contributed by atoms with Crippen molar-refractivity contribution in [2.24, 2.45) is 5.92 Å². The van der Waals surface area contributed by atoms with E-state index in [9.17, 15) is 4.79 Å². The molecule has 2 aromatic rings. The minimum atomic E-state index is 0.0239. The van der Waals surface area contributed by atoms with E-state index in [0.29, 0.717) is 42.8 Å². The van der Waals surface area contributed by atoms with Crippen LogP contribution < -0.4 is 9.47 Å². The largest absolute Gasteiger partial charge is 0.497 e. The molecule has 6 heteroatoms. The van der Waals surface area contributed by atoms with Crippen LogP contribution in [0.25, 0.3) is 0 Å². The summed E-state index contributed by atoms with van der Waals surface area (Å²) in [6.07, 6.45) is 3.05. The number of likely N-dealkylation sites (tertiary alicyclic amines) is 1. The molecule has 2 aromatic carbocycles. The molecule has 1 heterocycles. The molecule has 1 aliphatic rings. The van der Waals surface area contributed by atoms with E-state index in [4.69, 9.17) is 18.9 Å². The lowest BCUT2D eigenvalue weighted by molar-refractivity contribution is 0.0616. The summed E-state index contributed by atoms with van der Waals surface area (Å²) in [5.41, 5.74) is 3.10. The van der Waals surface area contributed by atoms with E-state index in [1.165, 1.54) is 11.1 Å². The molecule has 1 amide bonds. The standard InChI is InChI=1S/C25H33NO5/c1-28-14-15-31-18-21-6-4-19(5-7-21)16-20-10-12-26(13-11-20)25(27)23-9-8-22(29-2)17-24(23)30-3/h4-9,17,20H,10-16,18H2,1-3H3. The average molecular weight is 428 g/mol. The number of carbonyl (C=O) groups excluding carboxylic acids is 1. The van der Waals surface area contributed by atoms with Gasteiger partial charge >= 0.3 is 0 Å². The number of nitrogens with zero attached hydrogens (tertiary/aromatic N) is 1. The zero-order valence-electron chi connectivity index (χ0n) is 18.8. The molecule has 0 bridgehead atoms. The first-order valence-corrected chi connectivity index (χ1v) is 10.8. The van der Waals surface area contributed by atoms with Gasteiger partial charge in [0.2, 0.25) is 0 Å². The van der Waals surface area contributed by atoms with Gasteiger partial charge in [-0.05, 0) is 48.4 Å². The Labute approximate surface area is 185 Å². The lowest BCUT2D eigenvalue weighted by atomic mass is 9.89. The number of hydrogen-bond acceptors (Lipinski definition) is 5. The molecule has 3 rings (SSSR count). The summed E-state index contributed by atoms with van der Waals surface area (Å²) in [5.74, 6) is 1.85. The number of benzene rings is 2. The van der Waals surface area contributed by atoms with Crippen LogP contribution in [0.15, 0.2) is 42.5 Å². The molecule has 0 atom stereocenters. The fraction of sp³-hybridized carbons (Fsp3) is 0.480. The minimum Gasteiger partial charge on any atom is -0.497 e. The van der Waals surface area contributed by atoms with E-state index in [-0.39, 0.29) is 5.91 Å². The zero-order valence-corrected chi connectivity index (χ0v) is 18.8. The molecule has 1 saturated heterocycles. The molecular formula is C25H33NO5. The summed E-state index contributed by atoms with van der Waals surface area (Å²) >= 11 is 0. The highest BCUT2D eigenvalue weighted by atomic mass is 16.5. The van der Waals surface area contributed by atoms with Crippen LogP contribution in [-0.4, -0.2) is 58.4 Å². The van der Waals surface area contributed by atoms with Crippen LogP contribution in [0.2, 0.25) is 0 Å². The number of ether oxygens (including phenoxy) is 4. The molecule has 168 valence electrons. The van der Waals surface area contributed by atoms with Crippen molar-refractivity contribution >= 4 is 5.91 Å². The number of rotatable bonds is 10. The number of piperidine rings is 1. The predicted molar refractivity (Wildman–Crippen MR) is 120 cm³/mol. The van der Waals surface area contributed by atoms with Crippen LogP contribution in [0.5, 0.6) is 11.5 Å². The molecule has 0 aromatic heterocycles. The first kappa shape index (κ1) is 23.1. The van der Waals surface area contributed by atoms with Crippen molar-refractivity contribution in [1.82, 2.24) is 4.90 Å². The highest BCUT2D eigenvalue weighted by molar-refractivity contribution is 5.97. The molecule has 0 radical (unpaired) electrons. The molecule has 1 fully saturated rings. The molecule has 0 N–H and O–H groups in total. The number of carbonyl (C=O) groups is 1. The van der Waals surface area contributed by atoms with E-state index in [2.05, 4.69) is 24.3 Å². The summed E-state index contributed by atoms with van der Waals surface area (Å²) in [6, 6.07) is 14.0. The van der Waals surface area contributed by atoms with Crippen molar-refractivity contribution in [2.45, 2.75) is 25.9 Å². The Balaban J connectivity index is 1.49. The third-order valence-corrected chi connectivity index (χ3v) is 5.79. The third kappa shape index (κ3) is 6.45. The van der Waals surface area contributed by atoms with Crippen molar-refractivity contribution in [1.29, 1.82) is 0 Å². The summed E-state index contributed by atoms with van der Waals surface area (Å²) in [6.45, 7) is 3.37. The van der Waals surface area contributed by atoms with Crippen LogP contribution in [0.4, 0.5) is 0 Å². The van der Waals surface area contributed by atoms with Gasteiger partial charge in [-0.25, -0.2) is 0 Å². The Kier molecular flexibility index (Phi) is 8.74. The van der Waals surface area contributed by atoms with Gasteiger partial charge in [0.1, 0.15) is 11.5 Å². The first-order valence-electron chi connectivity index (χ1n) is 10.8. The molecular weight excluding hydrogens is 394 g/mol. The zero-order chi connectivity index (χ0) is 22.1. The quantitative estimate of drug-likeness (QED) is 0.537. The molecule has 1 aliphatic heterocycles. The van der Waals surface area contributed by atoms with E-state index in [1.54, 1.807) is 39.5 Å². The second-order valence-corrected chi connectivity index (χ2v) is 7.87. The van der Waals surface area contributed by atoms with Gasteiger partial charge in [-0.3, -0.25) is 4.79 Å². The monoisotopic (exact) mass is 427 g/mol. The van der Waals surface area contributed by atoms with Gasteiger partial charge < -0.3 is 23.8 Å². The maximum atomic E-state index is 13.0. The summed E-state index contributed by atoms with van der Waals surface area (Å²) in [5, 5.41) is 0. The first-order chi connectivity index (χ1) is 15.1. The van der Waals surface area contributed by atoms with Crippen molar-refractivity contribution in [3.63, 3.8) is 0 Å². The van der Waals surface area contributed by atoms with Crippen molar-refractivity contribution in [3.8, 4) is 11.5 Å². The maximum Gasteiger partial charge on any atom is 0.257 e. The number of amides is 1. The van der Waals surface area contributed by atoms with Crippen molar-refractivity contribution in [2.75, 3.05) is 47.6 Å². The Morgan fingerprint density at radius 3 is 2.29 bits per heavy atom. The van der Waals surface area contributed by atoms with Gasteiger partial charge in [0.25, 0.3) is 5.91 Å². The normalized spacial score (nSPS) is 14.5. The van der Waals surface area contributed by atoms with Crippen LogP contribution >= 0.6 is 0 Å². The van der Waals surface area contributed by atoms with E-state index < -0.39 is 0 Å². The molecule has 0 spiro atoms. The Morgan fingerprint density at radius 2 is 1.65 bits per heavy atom. The maximum absolute atomic E-state index is 13.0. The minimum absolute atomic E-state index is 0.0239. The van der Waals surface area contributed by atoms with E-state index >= 15 is 0 Å². The second kappa shape index (κ2) is 11.7. The summed E-state index contributed by atoms with van der Waals surface area (Å²) in [4.78, 5) is 14.9. The summed E-state index contributed by atoms with van der Waals surface area (Å²) in [7, 11) is 4.86. The SMILES string of the molecule is COCCOCc1ccc(CC2CCN(C(=O)c3ccc(OC)cc3OC)CC2)cc1. The van der Waals surface area contributed by atoms with Crippen LogP contribution in [0, 0.1) is 5.92 Å². The molecule has 0 unspecified atom stereocenters. The fourth-order valence-corrected chi connectivity index (χ4v) is 3.92. The number of hydrogen-bond donors (Lipinski definition) is 0. The average Bonchev–Trinajstić information content (AvgIpc) is 2.82. The Bertz CT molecular complexity index is 828. The molecule has 0 saturated carbocycles. The Hall–Kier alpha value is -2.57. The lowest BCUT2D eigenvalue weighted by Gasteiger charge is -2.32. The molecule has 31 heavy (non-hydrogen) atoms. The topological polar surface area (TPSA) is 57.2 Å². The number of methoxy groups -OCH3 is 3. The third-order valence-electron chi connectivity index (χ3n) is 5.79. The molecule has 0 aliphatic carbocycles. The van der Waals surface area contributed by atoms with Gasteiger partial charge in [-0.2, -0.15) is 0 Å². The predicted octanol–water partition coefficient (Wildman–Crippen LogP) is 3.96. The van der Waals surface area contributed by atoms with Gasteiger partial charge in [-0.15, -0.1) is 0 Å². The smallest absolute Gasteiger partial charge is 0.257 e. The van der Waals surface area contributed by atoms with Crippen molar-refractivity contribution in [3.05, 3.63) is 59.2 Å². The Morgan fingerprint density at radius 1 is 0.935 bits per heavy atom. The highest BCUT2D eigenvalue weighted by Gasteiger charge is 2.25. The van der Waals surface area contributed by atoms with Gasteiger partial charge in [-0.1, -0.05) is 24.3 Å². The van der Waals surface area contributed by atoms with Crippen LogP contribution in [-0.2, 0) is 22.5 Å². The van der Waals surface area contributed by atoms with Gasteiger partial charge in [0.15, 0.2) is 0 Å². The molecule has 6 nitrogen and oxygen atoms in total. The summed E-state index contributed by atoms with van der Waals surface area (Å²) < 4.78 is 21.2. The van der Waals surface area contributed by atoms with E-state index in [0.717, 1.165) is 32.4 Å². The second-order valence-electron chi connectivity index (χ2n) is 7.87. The fourth-order valence-electron chi connectivity index (χ4n) is 3.92. The van der Waals surface area contributed by atoms with E-state index in [1.807, 2.05) is 4.90 Å².